The molecule has 0 bridgehead atoms. The van der Waals surface area contributed by atoms with Crippen LogP contribution in [0.4, 0.5) is 0 Å². The number of allylic oxidation sites excluding steroid dienone is 1. The highest BCUT2D eigenvalue weighted by molar-refractivity contribution is 7.44. The van der Waals surface area contributed by atoms with Gasteiger partial charge < -0.3 is 23.8 Å². The molecule has 6 rings (SSSR count). The molecule has 12 atom stereocenters. The lowest BCUT2D eigenvalue weighted by Crippen LogP contribution is -2.51. The van der Waals surface area contributed by atoms with Gasteiger partial charge in [-0.1, -0.05) is 72.5 Å². The third-order valence-corrected chi connectivity index (χ3v) is 18.8. The van der Waals surface area contributed by atoms with E-state index in [0.29, 0.717) is 24.7 Å². The molecule has 0 aromatic carbocycles. The number of amides is 1. The van der Waals surface area contributed by atoms with Gasteiger partial charge in [0.15, 0.2) is 0 Å². The fraction of sp³-hybridized carbons (Fsp3) is 0.792. The average Bonchev–Trinajstić information content (AvgIpc) is 3.84. The maximum Gasteiger partial charge on any atom is 0.330 e. The van der Waals surface area contributed by atoms with E-state index in [2.05, 4.69) is 89.4 Å². The molecule has 374 valence electrons. The molecule has 14 heteroatoms. The van der Waals surface area contributed by atoms with E-state index in [4.69, 9.17) is 23.8 Å². The number of H-pyrrole nitrogens is 1. The minimum absolute atomic E-state index is 0.105. The van der Waals surface area contributed by atoms with Crippen LogP contribution in [0.25, 0.3) is 6.08 Å². The van der Waals surface area contributed by atoms with E-state index in [9.17, 15) is 19.2 Å². The molecular weight excluding hydrogens is 866 g/mol. The highest BCUT2D eigenvalue weighted by atomic mass is 31.2. The van der Waals surface area contributed by atoms with Gasteiger partial charge in [-0.05, 0) is 138 Å². The minimum atomic E-state index is -1.53. The van der Waals surface area contributed by atoms with Crippen LogP contribution < -0.4 is 16.6 Å². The van der Waals surface area contributed by atoms with E-state index in [-0.39, 0.29) is 67.2 Å². The van der Waals surface area contributed by atoms with Gasteiger partial charge in [-0.25, -0.2) is 9.46 Å². The maximum absolute atomic E-state index is 13.1. The number of carbonyl (C=O) groups is 2. The molecule has 2 N–H and O–H groups in total. The quantitative estimate of drug-likeness (QED) is 0.0376. The normalized spacial score (nSPS) is 31.4. The monoisotopic (exact) mass is 950 g/mol. The first-order valence-electron chi connectivity index (χ1n) is 26.0. The zero-order valence-electron chi connectivity index (χ0n) is 42.5. The summed E-state index contributed by atoms with van der Waals surface area (Å²) in [7, 11) is -1.53. The topological polar surface area (TPSA) is 165 Å². The smallest absolute Gasteiger partial charge is 0.330 e. The van der Waals surface area contributed by atoms with Crippen molar-refractivity contribution in [2.24, 2.45) is 46.3 Å². The largest absolute Gasteiger partial charge is 0.462 e. The Kier molecular flexibility index (Phi) is 18.8. The van der Waals surface area contributed by atoms with Crippen molar-refractivity contribution >= 4 is 26.5 Å². The van der Waals surface area contributed by atoms with E-state index in [1.807, 2.05) is 6.92 Å². The number of hydrogen-bond donors (Lipinski definition) is 2. The number of esters is 1. The van der Waals surface area contributed by atoms with Crippen LogP contribution in [-0.2, 0) is 28.1 Å². The number of hydrogen-bond acceptors (Lipinski definition) is 10. The summed E-state index contributed by atoms with van der Waals surface area (Å²) in [5, 5.41) is 11.9. The lowest BCUT2D eigenvalue weighted by atomic mass is 9.47. The summed E-state index contributed by atoms with van der Waals surface area (Å²) in [5.41, 5.74) is 1.03. The van der Waals surface area contributed by atoms with Crippen LogP contribution >= 0.6 is 8.53 Å². The van der Waals surface area contributed by atoms with Crippen LogP contribution in [0.1, 0.15) is 184 Å². The van der Waals surface area contributed by atoms with Gasteiger partial charge in [0.2, 0.25) is 5.91 Å². The molecule has 0 radical (unpaired) electrons. The molecule has 4 unspecified atom stereocenters. The first-order chi connectivity index (χ1) is 31.9. The first-order valence-corrected chi connectivity index (χ1v) is 27.1. The van der Waals surface area contributed by atoms with Crippen molar-refractivity contribution in [3.05, 3.63) is 50.3 Å². The molecule has 4 fully saturated rings. The summed E-state index contributed by atoms with van der Waals surface area (Å²) in [6, 6.07) is 2.36. The van der Waals surface area contributed by atoms with Crippen molar-refractivity contribution in [3.63, 3.8) is 0 Å². The molecule has 1 amide bonds. The average molecular weight is 950 g/mol. The molecule has 0 spiro atoms. The van der Waals surface area contributed by atoms with E-state index in [1.54, 1.807) is 0 Å². The second-order valence-corrected chi connectivity index (χ2v) is 23.5. The summed E-state index contributed by atoms with van der Waals surface area (Å²) >= 11 is 0. The summed E-state index contributed by atoms with van der Waals surface area (Å²) in [5.74, 6) is 4.09. The lowest BCUT2D eigenvalue weighted by Gasteiger charge is -2.58. The Bertz CT molecular complexity index is 2050. The minimum Gasteiger partial charge on any atom is -0.462 e. The molecule has 1 aromatic rings. The van der Waals surface area contributed by atoms with Crippen molar-refractivity contribution in [3.8, 4) is 6.07 Å². The van der Waals surface area contributed by atoms with Gasteiger partial charge in [-0.15, -0.1) is 0 Å². The van der Waals surface area contributed by atoms with Gasteiger partial charge in [0.1, 0.15) is 12.3 Å². The number of aromatic amines is 1. The Morgan fingerprint density at radius 1 is 1.04 bits per heavy atom. The third kappa shape index (κ3) is 12.6. The highest BCUT2D eigenvalue weighted by Crippen LogP contribution is 2.67. The van der Waals surface area contributed by atoms with Gasteiger partial charge in [0.05, 0.1) is 36.9 Å². The Hall–Kier alpha value is -3.14. The predicted octanol–water partition coefficient (Wildman–Crippen LogP) is 10.8. The van der Waals surface area contributed by atoms with Crippen LogP contribution in [0, 0.1) is 57.7 Å². The number of nitriles is 1. The number of fused-ring (bicyclic) bond motifs is 5. The van der Waals surface area contributed by atoms with E-state index in [1.165, 1.54) is 79.9 Å². The molecule has 67 heavy (non-hydrogen) atoms. The zero-order valence-corrected chi connectivity index (χ0v) is 43.4. The Morgan fingerprint density at radius 2 is 1.81 bits per heavy atom. The van der Waals surface area contributed by atoms with Crippen molar-refractivity contribution in [2.45, 2.75) is 209 Å². The van der Waals surface area contributed by atoms with Gasteiger partial charge in [0, 0.05) is 50.2 Å². The highest BCUT2D eigenvalue weighted by Gasteiger charge is 2.59. The lowest BCUT2D eigenvalue weighted by molar-refractivity contribution is -0.151. The Morgan fingerprint density at radius 3 is 2.51 bits per heavy atom. The molecular formula is C53H84N5O8P. The predicted molar refractivity (Wildman–Crippen MR) is 264 cm³/mol. The Labute approximate surface area is 402 Å². The molecule has 2 heterocycles. The third-order valence-electron chi connectivity index (χ3n) is 16.6. The number of nitrogens with zero attached hydrogens (tertiary/aromatic N) is 3. The number of carbonyl (C=O) groups excluding carboxylic acids is 2. The number of rotatable bonds is 22. The summed E-state index contributed by atoms with van der Waals surface area (Å²) < 4.78 is 28.6. The molecule has 1 saturated heterocycles. The van der Waals surface area contributed by atoms with Crippen molar-refractivity contribution in [1.29, 1.82) is 5.26 Å². The number of nitrogens with one attached hydrogen (secondary N) is 2. The molecule has 1 aromatic heterocycles. The second-order valence-electron chi connectivity index (χ2n) is 22.1. The second kappa shape index (κ2) is 23.6. The Balaban J connectivity index is 0.961. The van der Waals surface area contributed by atoms with Crippen LogP contribution in [-0.4, -0.2) is 69.6 Å². The first kappa shape index (κ1) is 53.2. The maximum atomic E-state index is 13.1. The fourth-order valence-electron chi connectivity index (χ4n) is 13.3. The molecule has 5 aliphatic rings. The van der Waals surface area contributed by atoms with Crippen molar-refractivity contribution < 1.29 is 28.1 Å². The van der Waals surface area contributed by atoms with E-state index < -0.39 is 38.0 Å². The summed E-state index contributed by atoms with van der Waals surface area (Å²) in [6.45, 7) is 23.2. The summed E-state index contributed by atoms with van der Waals surface area (Å²) in [6.07, 6.45) is 20.3. The molecule has 4 aliphatic carbocycles. The van der Waals surface area contributed by atoms with Crippen molar-refractivity contribution in [2.75, 3.05) is 13.2 Å². The van der Waals surface area contributed by atoms with Crippen LogP contribution in [0.3, 0.4) is 0 Å². The molecule has 1 aliphatic heterocycles. The number of ether oxygens (including phenoxy) is 2. The van der Waals surface area contributed by atoms with Gasteiger partial charge >= 0.3 is 11.7 Å². The van der Waals surface area contributed by atoms with Crippen LogP contribution in [0.15, 0.2) is 33.5 Å². The van der Waals surface area contributed by atoms with Gasteiger partial charge in [0.25, 0.3) is 14.1 Å². The van der Waals surface area contributed by atoms with E-state index >= 15 is 0 Å². The summed E-state index contributed by atoms with van der Waals surface area (Å²) in [4.78, 5) is 54.2. The van der Waals surface area contributed by atoms with Crippen LogP contribution in [0.2, 0.25) is 0 Å². The zero-order chi connectivity index (χ0) is 48.6. The SMILES string of the molecule is CC[C@H]1O[C@@H](n2cc(/C=C/C(=O)NCCCC(=O)O[C@H]3CC[C@@]4(C)C(=CCC5C4CC[C@@]4(C)C5CC[C@@H]4[C@H](C)CCCC(C)C)C3)c(=O)[nH]c2=O)C[C@H]1OP(OCCC#N)N(C(C)C)C(C)C. The van der Waals surface area contributed by atoms with Crippen molar-refractivity contribution in [1.82, 2.24) is 19.5 Å². The van der Waals surface area contributed by atoms with E-state index in [0.717, 1.165) is 54.8 Å². The number of aromatic nitrogens is 2. The molecule has 3 saturated carbocycles. The van der Waals surface area contributed by atoms with Gasteiger partial charge in [-0.2, -0.15) is 5.26 Å². The molecule has 13 nitrogen and oxygen atoms in total. The standard InChI is InChI=1S/C53H84N5O8P/c1-11-45-46(66-67(63-30-14-28-54)58(35(4)5)36(6)7)32-48(65-45)57-33-38(50(61)56-51(57)62)18-23-47(59)55-29-13-17-49(60)64-40-24-26-52(9)39(31-40)19-20-41-43-22-21-42(37(8)16-12-15-34(2)3)53(43,10)27-25-44(41)52/h18-19,23,33-37,40-46,48H,11-17,20-22,24-27,29-32H2,1-10H3,(H,55,59)(H,56,61,62)/b23-18+/t37-,40+,41?,42-,43?,44?,45-,46-,48-,52+,53-,67?/m1/s1. The van der Waals surface area contributed by atoms with Crippen LogP contribution in [0.5, 0.6) is 0 Å². The van der Waals surface area contributed by atoms with Gasteiger partial charge in [-0.3, -0.25) is 23.9 Å². The fourth-order valence-corrected chi connectivity index (χ4v) is 15.0.